The summed E-state index contributed by atoms with van der Waals surface area (Å²) in [5.41, 5.74) is 8.42. The molecule has 0 amide bonds. The van der Waals surface area contributed by atoms with Crippen LogP contribution in [-0.2, 0) is 0 Å². The normalized spacial score (nSPS) is 17.5. The minimum atomic E-state index is 0.471. The van der Waals surface area contributed by atoms with Crippen LogP contribution in [0.5, 0.6) is 0 Å². The molecule has 0 fully saturated rings. The first kappa shape index (κ1) is 7.92. The van der Waals surface area contributed by atoms with Gasteiger partial charge >= 0.3 is 0 Å². The molecule has 1 aliphatic rings. The highest BCUT2D eigenvalue weighted by atomic mass is 14.9. The Balaban J connectivity index is 2.84. The zero-order chi connectivity index (χ0) is 8.43. The van der Waals surface area contributed by atoms with Crippen molar-refractivity contribution in [3.8, 4) is 0 Å². The smallest absolute Gasteiger partial charge is 0.0352 e. The molecule has 0 aliphatic carbocycles. The lowest BCUT2D eigenvalue weighted by Crippen LogP contribution is -2.20. The fourth-order valence-electron chi connectivity index (χ4n) is 0.991. The van der Waals surface area contributed by atoms with Gasteiger partial charge in [0.1, 0.15) is 0 Å². The monoisotopic (exact) mass is 150 g/mol. The molecule has 0 aromatic heterocycles. The summed E-state index contributed by atoms with van der Waals surface area (Å²) in [6.45, 7) is 8.02. The fourth-order valence-corrected chi connectivity index (χ4v) is 0.991. The van der Waals surface area contributed by atoms with Gasteiger partial charge in [0, 0.05) is 17.1 Å². The van der Waals surface area contributed by atoms with Gasteiger partial charge in [0.05, 0.1) is 0 Å². The third-order valence-electron chi connectivity index (χ3n) is 1.59. The van der Waals surface area contributed by atoms with E-state index in [0.29, 0.717) is 5.92 Å². The van der Waals surface area contributed by atoms with E-state index in [0.717, 1.165) is 17.1 Å². The maximum absolute atomic E-state index is 5.64. The van der Waals surface area contributed by atoms with E-state index in [2.05, 4.69) is 25.7 Å². The standard InChI is InChI=1S/C9H14N2/c1-6(2)9-5-8(10)4-7(3)11-9/h4-6,11H,3,10H2,1-2H3. The third-order valence-corrected chi connectivity index (χ3v) is 1.59. The summed E-state index contributed by atoms with van der Waals surface area (Å²) in [7, 11) is 0. The Morgan fingerprint density at radius 2 is 2.09 bits per heavy atom. The van der Waals surface area contributed by atoms with Gasteiger partial charge in [-0.1, -0.05) is 20.4 Å². The average Bonchev–Trinajstić information content (AvgIpc) is 1.85. The lowest BCUT2D eigenvalue weighted by molar-refractivity contribution is 0.699. The van der Waals surface area contributed by atoms with Crippen molar-refractivity contribution in [2.75, 3.05) is 0 Å². The molecule has 0 spiro atoms. The largest absolute Gasteiger partial charge is 0.399 e. The molecule has 0 saturated carbocycles. The minimum absolute atomic E-state index is 0.471. The van der Waals surface area contributed by atoms with Gasteiger partial charge < -0.3 is 11.1 Å². The zero-order valence-corrected chi connectivity index (χ0v) is 7.02. The predicted molar refractivity (Wildman–Crippen MR) is 47.5 cm³/mol. The molecule has 0 bridgehead atoms. The Bertz CT molecular complexity index is 234. The Morgan fingerprint density at radius 1 is 1.45 bits per heavy atom. The first-order valence-corrected chi connectivity index (χ1v) is 3.74. The number of hydrogen-bond acceptors (Lipinski definition) is 2. The molecule has 1 rings (SSSR count). The molecule has 1 heterocycles. The number of rotatable bonds is 1. The highest BCUT2D eigenvalue weighted by molar-refractivity contribution is 5.35. The van der Waals surface area contributed by atoms with E-state index in [-0.39, 0.29) is 0 Å². The summed E-state index contributed by atoms with van der Waals surface area (Å²) in [4.78, 5) is 0. The lowest BCUT2D eigenvalue weighted by atomic mass is 10.1. The van der Waals surface area contributed by atoms with E-state index in [1.807, 2.05) is 12.2 Å². The fraction of sp³-hybridized carbons (Fsp3) is 0.333. The van der Waals surface area contributed by atoms with Crippen molar-refractivity contribution in [1.29, 1.82) is 0 Å². The van der Waals surface area contributed by atoms with Gasteiger partial charge in [0.2, 0.25) is 0 Å². The Morgan fingerprint density at radius 3 is 2.55 bits per heavy atom. The predicted octanol–water partition coefficient (Wildman–Crippen LogP) is 1.49. The first-order chi connectivity index (χ1) is 5.09. The van der Waals surface area contributed by atoms with E-state index in [4.69, 9.17) is 5.73 Å². The summed E-state index contributed by atoms with van der Waals surface area (Å²) in [5.74, 6) is 0.471. The topological polar surface area (TPSA) is 38.0 Å². The summed E-state index contributed by atoms with van der Waals surface area (Å²) in [6, 6.07) is 0. The van der Waals surface area contributed by atoms with Crippen LogP contribution in [0.4, 0.5) is 0 Å². The van der Waals surface area contributed by atoms with E-state index in [9.17, 15) is 0 Å². The van der Waals surface area contributed by atoms with E-state index in [1.54, 1.807) is 0 Å². The second-order valence-corrected chi connectivity index (χ2v) is 3.05. The van der Waals surface area contributed by atoms with E-state index in [1.165, 1.54) is 0 Å². The van der Waals surface area contributed by atoms with Gasteiger partial charge in [0.25, 0.3) is 0 Å². The van der Waals surface area contributed by atoms with Gasteiger partial charge in [-0.15, -0.1) is 0 Å². The summed E-state index contributed by atoms with van der Waals surface area (Å²) in [6.07, 6.45) is 3.77. The van der Waals surface area contributed by atoms with Crippen LogP contribution in [0.15, 0.2) is 35.8 Å². The average molecular weight is 150 g/mol. The quantitative estimate of drug-likeness (QED) is 0.594. The molecule has 0 aromatic rings. The molecule has 1 aliphatic heterocycles. The Hall–Kier alpha value is -1.18. The number of allylic oxidation sites excluding steroid dienone is 3. The molecule has 2 nitrogen and oxygen atoms in total. The van der Waals surface area contributed by atoms with Gasteiger partial charge in [0.15, 0.2) is 0 Å². The molecule has 0 unspecified atom stereocenters. The molecule has 0 radical (unpaired) electrons. The maximum Gasteiger partial charge on any atom is 0.0352 e. The van der Waals surface area contributed by atoms with Crippen LogP contribution in [0, 0.1) is 5.92 Å². The highest BCUT2D eigenvalue weighted by Crippen LogP contribution is 2.14. The van der Waals surface area contributed by atoms with Crippen LogP contribution >= 0.6 is 0 Å². The molecule has 0 atom stereocenters. The molecule has 3 N–H and O–H groups in total. The van der Waals surface area contributed by atoms with Crippen molar-refractivity contribution in [3.05, 3.63) is 35.8 Å². The lowest BCUT2D eigenvalue weighted by Gasteiger charge is -2.18. The van der Waals surface area contributed by atoms with Crippen LogP contribution in [0.25, 0.3) is 0 Å². The first-order valence-electron chi connectivity index (χ1n) is 3.74. The van der Waals surface area contributed by atoms with Gasteiger partial charge in [-0.2, -0.15) is 0 Å². The zero-order valence-electron chi connectivity index (χ0n) is 7.02. The molecule has 2 heteroatoms. The van der Waals surface area contributed by atoms with Crippen molar-refractivity contribution in [2.24, 2.45) is 11.7 Å². The summed E-state index contributed by atoms with van der Waals surface area (Å²) >= 11 is 0. The number of nitrogens with two attached hydrogens (primary N) is 1. The second kappa shape index (κ2) is 2.82. The van der Waals surface area contributed by atoms with Crippen LogP contribution in [0.3, 0.4) is 0 Å². The number of dihydropyridines is 1. The Kier molecular flexibility index (Phi) is 2.03. The summed E-state index contributed by atoms with van der Waals surface area (Å²) < 4.78 is 0. The van der Waals surface area contributed by atoms with Crippen LogP contribution in [-0.4, -0.2) is 0 Å². The number of hydrogen-bond donors (Lipinski definition) is 2. The highest BCUT2D eigenvalue weighted by Gasteiger charge is 2.07. The van der Waals surface area contributed by atoms with Crippen molar-refractivity contribution < 1.29 is 0 Å². The third kappa shape index (κ3) is 1.87. The molecule has 0 aromatic carbocycles. The van der Waals surface area contributed by atoms with Crippen LogP contribution in [0.1, 0.15) is 13.8 Å². The SMILES string of the molecule is C=C1C=C(N)C=C(C(C)C)N1. The van der Waals surface area contributed by atoms with E-state index >= 15 is 0 Å². The molecule has 11 heavy (non-hydrogen) atoms. The molecular weight excluding hydrogens is 136 g/mol. The van der Waals surface area contributed by atoms with E-state index < -0.39 is 0 Å². The molecule has 0 saturated heterocycles. The van der Waals surface area contributed by atoms with Gasteiger partial charge in [-0.25, -0.2) is 0 Å². The minimum Gasteiger partial charge on any atom is -0.399 e. The van der Waals surface area contributed by atoms with Crippen molar-refractivity contribution >= 4 is 0 Å². The van der Waals surface area contributed by atoms with Gasteiger partial charge in [-0.05, 0) is 18.1 Å². The second-order valence-electron chi connectivity index (χ2n) is 3.05. The maximum atomic E-state index is 5.64. The van der Waals surface area contributed by atoms with Crippen LogP contribution in [0.2, 0.25) is 0 Å². The summed E-state index contributed by atoms with van der Waals surface area (Å²) in [5, 5.41) is 3.16. The van der Waals surface area contributed by atoms with Crippen molar-refractivity contribution in [3.63, 3.8) is 0 Å². The van der Waals surface area contributed by atoms with Crippen LogP contribution < -0.4 is 11.1 Å². The number of nitrogens with one attached hydrogen (secondary N) is 1. The Labute approximate surface area is 67.5 Å². The van der Waals surface area contributed by atoms with Crippen molar-refractivity contribution in [1.82, 2.24) is 5.32 Å². The van der Waals surface area contributed by atoms with Gasteiger partial charge in [-0.3, -0.25) is 0 Å². The molecule has 60 valence electrons. The molecular formula is C9H14N2. The van der Waals surface area contributed by atoms with Crippen molar-refractivity contribution in [2.45, 2.75) is 13.8 Å².